The quantitative estimate of drug-likeness (QED) is 0.522. The number of allylic oxidation sites excluding steroid dienone is 1. The zero-order chi connectivity index (χ0) is 11.2. The molecule has 82 valence electrons. The zero-order valence-corrected chi connectivity index (χ0v) is 10.4. The predicted octanol–water partition coefficient (Wildman–Crippen LogP) is 1.87. The monoisotopic (exact) mass is 236 g/mol. The van der Waals surface area contributed by atoms with E-state index in [4.69, 9.17) is 0 Å². The highest BCUT2D eigenvalue weighted by Gasteiger charge is 2.22. The van der Waals surface area contributed by atoms with Gasteiger partial charge >= 0.3 is 0 Å². The van der Waals surface area contributed by atoms with Crippen LogP contribution in [0, 0.1) is 0 Å². The molecule has 0 saturated carbocycles. The van der Waals surface area contributed by atoms with Gasteiger partial charge in [0.15, 0.2) is 0 Å². The Balaban J connectivity index is 4.83. The molecular weight excluding hydrogens is 220 g/mol. The van der Waals surface area contributed by atoms with Gasteiger partial charge in [-0.2, -0.15) is 0 Å². The van der Waals surface area contributed by atoms with Gasteiger partial charge in [0.1, 0.15) is 4.24 Å². The predicted molar refractivity (Wildman–Crippen MR) is 62.7 cm³/mol. The van der Waals surface area contributed by atoms with Crippen LogP contribution in [0.5, 0.6) is 0 Å². The molecule has 0 N–H and O–H groups in total. The molecular formula is C8H16N2O2S2. The first-order valence-electron chi connectivity index (χ1n) is 4.26. The number of hydrogen-bond donors (Lipinski definition) is 0. The molecule has 0 aromatic carbocycles. The summed E-state index contributed by atoms with van der Waals surface area (Å²) < 4.78 is 28.6. The maximum Gasteiger partial charge on any atom is 0.250 e. The average Bonchev–Trinajstić information content (AvgIpc) is 2.14. The third-order valence-corrected chi connectivity index (χ3v) is 4.74. The van der Waals surface area contributed by atoms with E-state index in [1.165, 1.54) is 10.4 Å². The molecule has 0 aliphatic heterocycles. The second-order valence-electron chi connectivity index (χ2n) is 2.65. The number of nitrogens with zero attached hydrogens (tertiary/aromatic N) is 2. The lowest BCUT2D eigenvalue weighted by Crippen LogP contribution is -2.27. The lowest BCUT2D eigenvalue weighted by atomic mass is 10.5. The van der Waals surface area contributed by atoms with E-state index >= 15 is 0 Å². The van der Waals surface area contributed by atoms with Crippen molar-refractivity contribution in [3.8, 4) is 0 Å². The summed E-state index contributed by atoms with van der Waals surface area (Å²) in [6.45, 7) is 7.37. The Morgan fingerprint density at radius 1 is 1.64 bits per heavy atom. The fourth-order valence-corrected chi connectivity index (χ4v) is 3.08. The van der Waals surface area contributed by atoms with E-state index in [1.54, 1.807) is 14.0 Å². The summed E-state index contributed by atoms with van der Waals surface area (Å²) in [5, 5.41) is 0. The van der Waals surface area contributed by atoms with Crippen molar-refractivity contribution < 1.29 is 8.42 Å². The first kappa shape index (κ1) is 13.7. The lowest BCUT2D eigenvalue weighted by Gasteiger charge is -2.16. The largest absolute Gasteiger partial charge is 0.250 e. The van der Waals surface area contributed by atoms with Gasteiger partial charge in [-0.15, -0.1) is 0 Å². The van der Waals surface area contributed by atoms with Crippen LogP contribution < -0.4 is 0 Å². The highest BCUT2D eigenvalue weighted by molar-refractivity contribution is 8.17. The van der Waals surface area contributed by atoms with Gasteiger partial charge in [0, 0.05) is 25.5 Å². The molecule has 0 amide bonds. The molecule has 0 aliphatic carbocycles. The SMILES string of the molecule is C=NS/C(=C\C)S(=O)(=O)N(C)CCC. The second-order valence-corrected chi connectivity index (χ2v) is 5.81. The molecule has 6 heteroatoms. The van der Waals surface area contributed by atoms with E-state index in [-0.39, 0.29) is 4.24 Å². The summed E-state index contributed by atoms with van der Waals surface area (Å²) in [6, 6.07) is 0. The van der Waals surface area contributed by atoms with Crippen LogP contribution in [-0.4, -0.2) is 33.0 Å². The molecule has 0 spiro atoms. The minimum atomic E-state index is -3.35. The molecule has 0 bridgehead atoms. The van der Waals surface area contributed by atoms with Gasteiger partial charge in [0.25, 0.3) is 0 Å². The van der Waals surface area contributed by atoms with Gasteiger partial charge in [-0.3, -0.25) is 0 Å². The standard InChI is InChI=1S/C8H16N2O2S2/c1-5-7-10(4)14(11,12)8(6-2)13-9-3/h6H,3,5,7H2,1-2,4H3/b8-6+. The van der Waals surface area contributed by atoms with E-state index < -0.39 is 10.0 Å². The van der Waals surface area contributed by atoms with E-state index in [1.807, 2.05) is 6.92 Å². The summed E-state index contributed by atoms with van der Waals surface area (Å²) in [5.74, 6) is 0. The van der Waals surface area contributed by atoms with Crippen LogP contribution in [-0.2, 0) is 10.0 Å². The Hall–Kier alpha value is -0.330. The molecule has 0 fully saturated rings. The van der Waals surface area contributed by atoms with Gasteiger partial charge in [-0.05, 0) is 20.1 Å². The Bertz CT molecular complexity index is 309. The topological polar surface area (TPSA) is 49.7 Å². The number of rotatable bonds is 6. The summed E-state index contributed by atoms with van der Waals surface area (Å²) >= 11 is 0.883. The van der Waals surface area contributed by atoms with Crippen LogP contribution in [0.25, 0.3) is 0 Å². The van der Waals surface area contributed by atoms with Crippen molar-refractivity contribution in [3.63, 3.8) is 0 Å². The van der Waals surface area contributed by atoms with Gasteiger partial charge in [0.05, 0.1) is 0 Å². The minimum Gasteiger partial charge on any atom is -0.226 e. The molecule has 0 unspecified atom stereocenters. The maximum absolute atomic E-state index is 11.8. The fraction of sp³-hybridized carbons (Fsp3) is 0.625. The Morgan fingerprint density at radius 2 is 2.21 bits per heavy atom. The molecule has 0 aromatic heterocycles. The molecule has 0 radical (unpaired) electrons. The summed E-state index contributed by atoms with van der Waals surface area (Å²) in [5.41, 5.74) is 0. The number of hydrogen-bond acceptors (Lipinski definition) is 4. The third-order valence-electron chi connectivity index (χ3n) is 1.59. The van der Waals surface area contributed by atoms with Crippen molar-refractivity contribution in [3.05, 3.63) is 10.3 Å². The lowest BCUT2D eigenvalue weighted by molar-refractivity contribution is 0.476. The average molecular weight is 236 g/mol. The zero-order valence-electron chi connectivity index (χ0n) is 8.73. The Labute approximate surface area is 90.3 Å². The molecule has 0 rings (SSSR count). The van der Waals surface area contributed by atoms with Crippen molar-refractivity contribution in [2.24, 2.45) is 4.40 Å². The van der Waals surface area contributed by atoms with Crippen molar-refractivity contribution >= 4 is 28.7 Å². The summed E-state index contributed by atoms with van der Waals surface area (Å²) in [4.78, 5) is 0. The summed E-state index contributed by atoms with van der Waals surface area (Å²) in [7, 11) is -1.79. The smallest absolute Gasteiger partial charge is 0.226 e. The van der Waals surface area contributed by atoms with Crippen LogP contribution in [0.4, 0.5) is 0 Å². The van der Waals surface area contributed by atoms with Crippen molar-refractivity contribution in [2.75, 3.05) is 13.6 Å². The Kier molecular flexibility index (Phi) is 6.06. The highest BCUT2D eigenvalue weighted by atomic mass is 32.3. The van der Waals surface area contributed by atoms with Crippen molar-refractivity contribution in [2.45, 2.75) is 20.3 Å². The third kappa shape index (κ3) is 3.43. The van der Waals surface area contributed by atoms with Gasteiger partial charge in [-0.25, -0.2) is 17.1 Å². The Morgan fingerprint density at radius 3 is 2.57 bits per heavy atom. The van der Waals surface area contributed by atoms with Gasteiger partial charge in [-0.1, -0.05) is 13.0 Å². The highest BCUT2D eigenvalue weighted by Crippen LogP contribution is 2.24. The van der Waals surface area contributed by atoms with Crippen LogP contribution in [0.3, 0.4) is 0 Å². The van der Waals surface area contributed by atoms with Gasteiger partial charge in [0.2, 0.25) is 10.0 Å². The van der Waals surface area contributed by atoms with Crippen LogP contribution in [0.15, 0.2) is 14.7 Å². The maximum atomic E-state index is 11.8. The molecule has 4 nitrogen and oxygen atoms in total. The fourth-order valence-electron chi connectivity index (χ4n) is 0.901. The molecule has 0 aliphatic rings. The van der Waals surface area contributed by atoms with E-state index in [2.05, 4.69) is 11.1 Å². The van der Waals surface area contributed by atoms with E-state index in [0.717, 1.165) is 18.4 Å². The van der Waals surface area contributed by atoms with Crippen LogP contribution >= 0.6 is 11.9 Å². The molecule has 0 aromatic rings. The minimum absolute atomic E-state index is 0.225. The van der Waals surface area contributed by atoms with Gasteiger partial charge < -0.3 is 0 Å². The van der Waals surface area contributed by atoms with E-state index in [0.29, 0.717) is 6.54 Å². The normalized spacial score (nSPS) is 13.3. The van der Waals surface area contributed by atoms with Crippen LogP contribution in [0.2, 0.25) is 0 Å². The molecule has 14 heavy (non-hydrogen) atoms. The summed E-state index contributed by atoms with van der Waals surface area (Å²) in [6.07, 6.45) is 2.32. The molecule has 0 heterocycles. The first-order chi connectivity index (χ1) is 6.50. The van der Waals surface area contributed by atoms with Crippen molar-refractivity contribution in [1.82, 2.24) is 4.31 Å². The second kappa shape index (κ2) is 6.21. The molecule has 0 atom stereocenters. The van der Waals surface area contributed by atoms with Crippen LogP contribution in [0.1, 0.15) is 20.3 Å². The molecule has 0 saturated heterocycles. The van der Waals surface area contributed by atoms with Crippen molar-refractivity contribution in [1.29, 1.82) is 0 Å². The first-order valence-corrected chi connectivity index (χ1v) is 6.47. The number of sulfonamides is 1. The van der Waals surface area contributed by atoms with E-state index in [9.17, 15) is 8.42 Å².